The van der Waals surface area contributed by atoms with Gasteiger partial charge in [0, 0.05) is 5.56 Å². The molecule has 0 unspecified atom stereocenters. The van der Waals surface area contributed by atoms with Crippen LogP contribution in [0.2, 0.25) is 10.0 Å². The third kappa shape index (κ3) is 2.48. The monoisotopic (exact) mass is 300 g/mol. The molecule has 0 aliphatic rings. The van der Waals surface area contributed by atoms with Gasteiger partial charge in [-0.2, -0.15) is 0 Å². The highest BCUT2D eigenvalue weighted by Crippen LogP contribution is 2.29. The second-order valence-electron chi connectivity index (χ2n) is 3.98. The first-order valence-corrected chi connectivity index (χ1v) is 6.12. The van der Waals surface area contributed by atoms with Crippen molar-refractivity contribution >= 4 is 29.0 Å². The zero-order valence-corrected chi connectivity index (χ0v) is 11.3. The lowest BCUT2D eigenvalue weighted by Gasteiger charge is -2.08. The molecule has 98 valence electrons. The van der Waals surface area contributed by atoms with Gasteiger partial charge in [0.2, 0.25) is 5.78 Å². The Labute approximate surface area is 118 Å². The van der Waals surface area contributed by atoms with E-state index in [4.69, 9.17) is 23.2 Å². The lowest BCUT2D eigenvalue weighted by Crippen LogP contribution is -2.09. The molecule has 2 aromatic rings. The number of ketones is 1. The zero-order valence-electron chi connectivity index (χ0n) is 9.81. The summed E-state index contributed by atoms with van der Waals surface area (Å²) < 4.78 is 27.6. The molecule has 0 atom stereocenters. The van der Waals surface area contributed by atoms with Gasteiger partial charge < -0.3 is 0 Å². The van der Waals surface area contributed by atoms with E-state index in [-0.39, 0.29) is 21.2 Å². The Bertz CT molecular complexity index is 669. The number of hydrogen-bond acceptors (Lipinski definition) is 1. The van der Waals surface area contributed by atoms with Crippen LogP contribution in [-0.4, -0.2) is 5.78 Å². The number of rotatable bonds is 2. The van der Waals surface area contributed by atoms with Crippen molar-refractivity contribution in [2.75, 3.05) is 0 Å². The van der Waals surface area contributed by atoms with Crippen LogP contribution < -0.4 is 0 Å². The number of carbonyl (C=O) groups excluding carboxylic acids is 1. The summed E-state index contributed by atoms with van der Waals surface area (Å²) in [5, 5.41) is 0.135. The van der Waals surface area contributed by atoms with E-state index in [0.29, 0.717) is 0 Å². The van der Waals surface area contributed by atoms with E-state index in [0.717, 1.165) is 6.07 Å². The summed E-state index contributed by atoms with van der Waals surface area (Å²) in [7, 11) is 0. The summed E-state index contributed by atoms with van der Waals surface area (Å²) in [6.07, 6.45) is 0. The summed E-state index contributed by atoms with van der Waals surface area (Å²) in [4.78, 5) is 12.2. The molecule has 2 aromatic carbocycles. The predicted octanol–water partition coefficient (Wildman–Crippen LogP) is 4.81. The molecule has 1 nitrogen and oxygen atoms in total. The Morgan fingerprint density at radius 2 is 1.79 bits per heavy atom. The molecular formula is C14H8Cl2F2O. The van der Waals surface area contributed by atoms with Gasteiger partial charge in [0.15, 0.2) is 0 Å². The molecule has 0 aromatic heterocycles. The van der Waals surface area contributed by atoms with Gasteiger partial charge in [-0.25, -0.2) is 8.78 Å². The van der Waals surface area contributed by atoms with Crippen molar-refractivity contribution in [3.05, 3.63) is 68.7 Å². The predicted molar refractivity (Wildman–Crippen MR) is 71.0 cm³/mol. The quantitative estimate of drug-likeness (QED) is 0.727. The van der Waals surface area contributed by atoms with Gasteiger partial charge in [-0.05, 0) is 30.7 Å². The minimum atomic E-state index is -0.927. The fourth-order valence-electron chi connectivity index (χ4n) is 1.68. The molecule has 0 bridgehead atoms. The van der Waals surface area contributed by atoms with Crippen LogP contribution in [0.25, 0.3) is 0 Å². The lowest BCUT2D eigenvalue weighted by molar-refractivity contribution is 0.103. The topological polar surface area (TPSA) is 17.1 Å². The third-order valence-electron chi connectivity index (χ3n) is 2.71. The van der Waals surface area contributed by atoms with Crippen LogP contribution in [0.3, 0.4) is 0 Å². The Morgan fingerprint density at radius 1 is 1.11 bits per heavy atom. The fourth-order valence-corrected chi connectivity index (χ4v) is 2.06. The van der Waals surface area contributed by atoms with E-state index in [9.17, 15) is 13.6 Å². The molecule has 0 spiro atoms. The van der Waals surface area contributed by atoms with Crippen molar-refractivity contribution in [3.63, 3.8) is 0 Å². The molecule has 0 heterocycles. The number of carbonyl (C=O) groups is 1. The SMILES string of the molecule is Cc1ccc(F)c(C(=O)c2cccc(Cl)c2Cl)c1F. The minimum absolute atomic E-state index is 0.0190. The largest absolute Gasteiger partial charge is 0.288 e. The van der Waals surface area contributed by atoms with Gasteiger partial charge in [0.25, 0.3) is 0 Å². The van der Waals surface area contributed by atoms with Gasteiger partial charge in [-0.1, -0.05) is 35.3 Å². The summed E-state index contributed by atoms with van der Waals surface area (Å²) in [5.41, 5.74) is -0.468. The van der Waals surface area contributed by atoms with Crippen LogP contribution >= 0.6 is 23.2 Å². The highest BCUT2D eigenvalue weighted by molar-refractivity contribution is 6.44. The van der Waals surface area contributed by atoms with Gasteiger partial charge in [0.05, 0.1) is 15.6 Å². The normalized spacial score (nSPS) is 10.6. The van der Waals surface area contributed by atoms with E-state index in [2.05, 4.69) is 0 Å². The molecule has 0 fully saturated rings. The van der Waals surface area contributed by atoms with Crippen LogP contribution in [-0.2, 0) is 0 Å². The van der Waals surface area contributed by atoms with Gasteiger partial charge in [0.1, 0.15) is 11.6 Å². The molecule has 0 radical (unpaired) electrons. The average Bonchev–Trinajstić information content (AvgIpc) is 2.37. The minimum Gasteiger partial charge on any atom is -0.288 e. The van der Waals surface area contributed by atoms with Crippen molar-refractivity contribution in [2.24, 2.45) is 0 Å². The highest BCUT2D eigenvalue weighted by atomic mass is 35.5. The molecule has 0 aliphatic heterocycles. The summed E-state index contributed by atoms with van der Waals surface area (Å²) in [6, 6.07) is 6.67. The maximum absolute atomic E-state index is 13.9. The Balaban J connectivity index is 2.63. The Kier molecular flexibility index (Phi) is 3.88. The molecule has 0 N–H and O–H groups in total. The van der Waals surface area contributed by atoms with Gasteiger partial charge in [-0.3, -0.25) is 4.79 Å². The Morgan fingerprint density at radius 3 is 2.47 bits per heavy atom. The fraction of sp³-hybridized carbons (Fsp3) is 0.0714. The lowest BCUT2D eigenvalue weighted by atomic mass is 10.00. The van der Waals surface area contributed by atoms with Crippen molar-refractivity contribution in [3.8, 4) is 0 Å². The molecule has 19 heavy (non-hydrogen) atoms. The van der Waals surface area contributed by atoms with E-state index < -0.39 is 23.0 Å². The van der Waals surface area contributed by atoms with Crippen LogP contribution in [0, 0.1) is 18.6 Å². The van der Waals surface area contributed by atoms with Crippen molar-refractivity contribution in [1.82, 2.24) is 0 Å². The first-order chi connectivity index (χ1) is 8.93. The van der Waals surface area contributed by atoms with Crippen molar-refractivity contribution < 1.29 is 13.6 Å². The second-order valence-corrected chi connectivity index (χ2v) is 4.77. The van der Waals surface area contributed by atoms with Crippen molar-refractivity contribution in [2.45, 2.75) is 6.92 Å². The second kappa shape index (κ2) is 5.27. The summed E-state index contributed by atoms with van der Waals surface area (Å²) >= 11 is 11.7. The van der Waals surface area contributed by atoms with Gasteiger partial charge in [-0.15, -0.1) is 0 Å². The van der Waals surface area contributed by atoms with Gasteiger partial charge >= 0.3 is 0 Å². The first-order valence-electron chi connectivity index (χ1n) is 5.36. The zero-order chi connectivity index (χ0) is 14.2. The number of hydrogen-bond donors (Lipinski definition) is 0. The van der Waals surface area contributed by atoms with E-state index in [1.54, 1.807) is 0 Å². The molecule has 0 saturated carbocycles. The molecular weight excluding hydrogens is 293 g/mol. The van der Waals surface area contributed by atoms with Crippen LogP contribution in [0.15, 0.2) is 30.3 Å². The van der Waals surface area contributed by atoms with Crippen LogP contribution in [0.5, 0.6) is 0 Å². The maximum Gasteiger partial charge on any atom is 0.200 e. The highest BCUT2D eigenvalue weighted by Gasteiger charge is 2.23. The Hall–Kier alpha value is -1.45. The molecule has 0 saturated heterocycles. The van der Waals surface area contributed by atoms with Crippen molar-refractivity contribution in [1.29, 1.82) is 0 Å². The smallest absolute Gasteiger partial charge is 0.200 e. The summed E-state index contributed by atoms with van der Waals surface area (Å²) in [6.45, 7) is 1.45. The van der Waals surface area contributed by atoms with E-state index in [1.165, 1.54) is 31.2 Å². The average molecular weight is 301 g/mol. The number of aryl methyl sites for hydroxylation is 1. The molecule has 0 aliphatic carbocycles. The standard InChI is InChI=1S/C14H8Cl2F2O/c1-7-5-6-10(17)11(13(7)18)14(19)8-3-2-4-9(15)12(8)16/h2-6H,1H3. The number of benzene rings is 2. The van der Waals surface area contributed by atoms with Crippen LogP contribution in [0.4, 0.5) is 8.78 Å². The molecule has 0 amide bonds. The molecule has 5 heteroatoms. The number of halogens is 4. The maximum atomic E-state index is 13.9. The van der Waals surface area contributed by atoms with Crippen LogP contribution in [0.1, 0.15) is 21.5 Å². The third-order valence-corrected chi connectivity index (χ3v) is 3.53. The first kappa shape index (κ1) is 14.0. The van der Waals surface area contributed by atoms with E-state index >= 15 is 0 Å². The van der Waals surface area contributed by atoms with E-state index in [1.807, 2.05) is 0 Å². The summed E-state index contributed by atoms with van der Waals surface area (Å²) in [5.74, 6) is -2.64. The molecule has 2 rings (SSSR count).